The molecule has 0 unspecified atom stereocenters. The highest BCUT2D eigenvalue weighted by molar-refractivity contribution is 5.14. The van der Waals surface area contributed by atoms with Gasteiger partial charge in [-0.2, -0.15) is 0 Å². The van der Waals surface area contributed by atoms with Crippen molar-refractivity contribution in [2.75, 3.05) is 0 Å². The lowest BCUT2D eigenvalue weighted by atomic mass is 9.43. The lowest BCUT2D eigenvalue weighted by molar-refractivity contribution is -0.207. The van der Waals surface area contributed by atoms with Gasteiger partial charge < -0.3 is 25.5 Å². The maximum Gasteiger partial charge on any atom is 0.0616 e. The lowest BCUT2D eigenvalue weighted by Gasteiger charge is -2.63. The van der Waals surface area contributed by atoms with Gasteiger partial charge in [-0.3, -0.25) is 0 Å². The molecule has 0 aromatic heterocycles. The van der Waals surface area contributed by atoms with Crippen LogP contribution < -0.4 is 0 Å². The van der Waals surface area contributed by atoms with E-state index in [1.54, 1.807) is 13.8 Å². The zero-order valence-electron chi connectivity index (χ0n) is 20.9. The highest BCUT2D eigenvalue weighted by atomic mass is 16.3. The molecule has 4 fully saturated rings. The average molecular weight is 453 g/mol. The molecule has 4 rings (SSSR count). The summed E-state index contributed by atoms with van der Waals surface area (Å²) in [6.45, 7) is 10.3. The van der Waals surface area contributed by atoms with Gasteiger partial charge >= 0.3 is 0 Å². The molecule has 4 aliphatic carbocycles. The largest absolute Gasteiger partial charge is 0.393 e. The monoisotopic (exact) mass is 452 g/mol. The predicted octanol–water partition coefficient (Wildman–Crippen LogP) is 3.50. The zero-order chi connectivity index (χ0) is 23.6. The van der Waals surface area contributed by atoms with Gasteiger partial charge in [0.2, 0.25) is 0 Å². The summed E-state index contributed by atoms with van der Waals surface area (Å²) in [4.78, 5) is 0. The van der Waals surface area contributed by atoms with Crippen LogP contribution in [-0.2, 0) is 0 Å². The van der Waals surface area contributed by atoms with Crippen LogP contribution in [0.25, 0.3) is 0 Å². The molecule has 0 heterocycles. The first-order valence-corrected chi connectivity index (χ1v) is 13.2. The van der Waals surface area contributed by atoms with E-state index in [-0.39, 0.29) is 34.9 Å². The molecule has 12 atom stereocenters. The van der Waals surface area contributed by atoms with E-state index >= 15 is 0 Å². The molecule has 32 heavy (non-hydrogen) atoms. The second kappa shape index (κ2) is 8.48. The molecule has 4 saturated carbocycles. The Morgan fingerprint density at radius 1 is 0.969 bits per heavy atom. The molecule has 0 saturated heterocycles. The Kier molecular flexibility index (Phi) is 6.60. The van der Waals surface area contributed by atoms with Crippen molar-refractivity contribution in [3.63, 3.8) is 0 Å². The fourth-order valence-electron chi connectivity index (χ4n) is 9.39. The van der Waals surface area contributed by atoms with Gasteiger partial charge in [-0.25, -0.2) is 0 Å². The number of hydrogen-bond donors (Lipinski definition) is 5. The summed E-state index contributed by atoms with van der Waals surface area (Å²) in [6.07, 6.45) is 5.66. The average Bonchev–Trinajstić information content (AvgIpc) is 3.01. The topological polar surface area (TPSA) is 101 Å². The van der Waals surface area contributed by atoms with E-state index in [9.17, 15) is 25.5 Å². The quantitative estimate of drug-likeness (QED) is 0.440. The standard InChI is InChI=1S/C27H48O5/c1-15(10-18(29)14-25(2,3)32)19-6-7-20-24-21(13-23(31)27(19,20)5)26(4)9-8-17(28)11-16(26)12-22(24)30/h15-24,28-32H,6-14H2,1-5H3/t15-,16+,17-,18+,19-,20+,21+,22-,23+,24+,26+,27-/m1/s1. The van der Waals surface area contributed by atoms with Crippen molar-refractivity contribution in [1.82, 2.24) is 0 Å². The summed E-state index contributed by atoms with van der Waals surface area (Å²) in [5, 5.41) is 53.9. The van der Waals surface area contributed by atoms with E-state index in [1.807, 2.05) is 0 Å². The molecule has 0 aromatic rings. The van der Waals surface area contributed by atoms with Crippen molar-refractivity contribution in [3.8, 4) is 0 Å². The maximum atomic E-state index is 11.6. The van der Waals surface area contributed by atoms with Crippen LogP contribution >= 0.6 is 0 Å². The molecule has 4 aliphatic rings. The molecule has 5 N–H and O–H groups in total. The molecule has 0 radical (unpaired) electrons. The van der Waals surface area contributed by atoms with Crippen molar-refractivity contribution in [2.45, 2.75) is 122 Å². The fraction of sp³-hybridized carbons (Fsp3) is 1.00. The second-order valence-corrected chi connectivity index (χ2v) is 13.4. The molecule has 5 heteroatoms. The first-order valence-electron chi connectivity index (χ1n) is 13.2. The first kappa shape index (κ1) is 24.9. The van der Waals surface area contributed by atoms with Crippen LogP contribution in [0.3, 0.4) is 0 Å². The molecule has 0 bridgehead atoms. The summed E-state index contributed by atoms with van der Waals surface area (Å²) in [7, 11) is 0. The van der Waals surface area contributed by atoms with Crippen molar-refractivity contribution in [3.05, 3.63) is 0 Å². The van der Waals surface area contributed by atoms with Crippen molar-refractivity contribution < 1.29 is 25.5 Å². The Bertz CT molecular complexity index is 675. The van der Waals surface area contributed by atoms with Crippen LogP contribution in [0.1, 0.15) is 92.4 Å². The highest BCUT2D eigenvalue weighted by Crippen LogP contribution is 2.68. The lowest BCUT2D eigenvalue weighted by Crippen LogP contribution is -2.62. The molecular formula is C27H48O5. The molecule has 0 aromatic carbocycles. The molecule has 5 nitrogen and oxygen atoms in total. The van der Waals surface area contributed by atoms with E-state index in [4.69, 9.17) is 0 Å². The van der Waals surface area contributed by atoms with E-state index in [2.05, 4.69) is 20.8 Å². The third-order valence-corrected chi connectivity index (χ3v) is 10.9. The van der Waals surface area contributed by atoms with Crippen molar-refractivity contribution in [2.24, 2.45) is 46.3 Å². The van der Waals surface area contributed by atoms with Gasteiger partial charge in [-0.05, 0) is 112 Å². The van der Waals surface area contributed by atoms with Gasteiger partial charge in [0.05, 0.1) is 30.0 Å². The van der Waals surface area contributed by atoms with Gasteiger partial charge in [0.25, 0.3) is 0 Å². The van der Waals surface area contributed by atoms with E-state index in [0.29, 0.717) is 36.5 Å². The van der Waals surface area contributed by atoms with Crippen LogP contribution in [0.4, 0.5) is 0 Å². The number of fused-ring (bicyclic) bond motifs is 5. The molecule has 186 valence electrons. The molecule has 0 spiro atoms. The van der Waals surface area contributed by atoms with Gasteiger partial charge in [0, 0.05) is 6.42 Å². The molecular weight excluding hydrogens is 404 g/mol. The van der Waals surface area contributed by atoms with E-state index in [1.165, 1.54) is 0 Å². The second-order valence-electron chi connectivity index (χ2n) is 13.4. The van der Waals surface area contributed by atoms with E-state index < -0.39 is 17.8 Å². The molecule has 0 amide bonds. The maximum absolute atomic E-state index is 11.6. The molecule has 0 aliphatic heterocycles. The minimum Gasteiger partial charge on any atom is -0.393 e. The zero-order valence-corrected chi connectivity index (χ0v) is 20.9. The fourth-order valence-corrected chi connectivity index (χ4v) is 9.39. The smallest absolute Gasteiger partial charge is 0.0616 e. The number of aliphatic hydroxyl groups excluding tert-OH is 4. The Hall–Kier alpha value is -0.200. The van der Waals surface area contributed by atoms with Crippen molar-refractivity contribution >= 4 is 0 Å². The Balaban J connectivity index is 1.55. The van der Waals surface area contributed by atoms with E-state index in [0.717, 1.165) is 44.9 Å². The van der Waals surface area contributed by atoms with Crippen LogP contribution in [0.15, 0.2) is 0 Å². The van der Waals surface area contributed by atoms with Crippen LogP contribution in [0, 0.1) is 46.3 Å². The Morgan fingerprint density at radius 3 is 2.31 bits per heavy atom. The van der Waals surface area contributed by atoms with Gasteiger partial charge in [0.1, 0.15) is 0 Å². The van der Waals surface area contributed by atoms with Gasteiger partial charge in [0.15, 0.2) is 0 Å². The van der Waals surface area contributed by atoms with Gasteiger partial charge in [-0.15, -0.1) is 0 Å². The first-order chi connectivity index (χ1) is 14.8. The summed E-state index contributed by atoms with van der Waals surface area (Å²) in [6, 6.07) is 0. The highest BCUT2D eigenvalue weighted by Gasteiger charge is 2.65. The third-order valence-electron chi connectivity index (χ3n) is 10.9. The summed E-state index contributed by atoms with van der Waals surface area (Å²) >= 11 is 0. The van der Waals surface area contributed by atoms with Crippen molar-refractivity contribution in [1.29, 1.82) is 0 Å². The minimum atomic E-state index is -0.884. The summed E-state index contributed by atoms with van der Waals surface area (Å²) in [5.41, 5.74) is -1.03. The Labute approximate surface area is 194 Å². The summed E-state index contributed by atoms with van der Waals surface area (Å²) in [5.74, 6) is 1.74. The minimum absolute atomic E-state index is 0.0953. The number of aliphatic hydroxyl groups is 5. The van der Waals surface area contributed by atoms with Crippen LogP contribution in [-0.4, -0.2) is 55.5 Å². The van der Waals surface area contributed by atoms with Crippen LogP contribution in [0.2, 0.25) is 0 Å². The predicted molar refractivity (Wildman–Crippen MR) is 125 cm³/mol. The van der Waals surface area contributed by atoms with Gasteiger partial charge in [-0.1, -0.05) is 20.8 Å². The number of rotatable bonds is 5. The van der Waals surface area contributed by atoms with Crippen LogP contribution in [0.5, 0.6) is 0 Å². The Morgan fingerprint density at radius 2 is 1.66 bits per heavy atom. The number of hydrogen-bond acceptors (Lipinski definition) is 5. The third kappa shape index (κ3) is 4.08. The normalized spacial score (nSPS) is 50.8. The summed E-state index contributed by atoms with van der Waals surface area (Å²) < 4.78 is 0. The SMILES string of the molecule is C[C@H](C[C@H](O)CC(C)(C)O)[C@H]1CC[C@H]2[C@@H]3[C@H](O)C[C@@H]4C[C@H](O)CC[C@]4(C)[C@H]3C[C@H](O)[C@]12C.